The van der Waals surface area contributed by atoms with E-state index >= 15 is 0 Å². The van der Waals surface area contributed by atoms with E-state index < -0.39 is 0 Å². The lowest BCUT2D eigenvalue weighted by Gasteiger charge is -2.23. The highest BCUT2D eigenvalue weighted by atomic mass is 32.2. The molecule has 0 saturated carbocycles. The number of ether oxygens (including phenoxy) is 1. The van der Waals surface area contributed by atoms with Crippen molar-refractivity contribution in [2.75, 3.05) is 7.11 Å². The molecule has 2 aromatic rings. The topological polar surface area (TPSA) is 29.5 Å². The Morgan fingerprint density at radius 3 is 2.50 bits per heavy atom. The van der Waals surface area contributed by atoms with E-state index in [9.17, 15) is 4.79 Å². The van der Waals surface area contributed by atoms with Crippen LogP contribution in [0.25, 0.3) is 6.08 Å². The summed E-state index contributed by atoms with van der Waals surface area (Å²) in [6.45, 7) is 1.99. The van der Waals surface area contributed by atoms with Crippen LogP contribution < -0.4 is 4.74 Å². The van der Waals surface area contributed by atoms with Crippen molar-refractivity contribution in [2.24, 2.45) is 0 Å². The van der Waals surface area contributed by atoms with Gasteiger partial charge in [-0.3, -0.25) is 9.69 Å². The first kappa shape index (κ1) is 16.7. The van der Waals surface area contributed by atoms with E-state index in [1.807, 2.05) is 67.6 Å². The molecule has 5 heteroatoms. The van der Waals surface area contributed by atoms with Crippen LogP contribution >= 0.6 is 24.0 Å². The van der Waals surface area contributed by atoms with Gasteiger partial charge in [0.1, 0.15) is 10.1 Å². The first-order valence-electron chi connectivity index (χ1n) is 7.57. The van der Waals surface area contributed by atoms with Gasteiger partial charge >= 0.3 is 0 Å². The SMILES string of the molecule is COc1ccccc1/C=C1/SC(=S)N([C@H](C)c2ccccc2)C1=O. The van der Waals surface area contributed by atoms with Gasteiger partial charge in [0.25, 0.3) is 5.91 Å². The number of thiocarbonyl (C=S) groups is 1. The summed E-state index contributed by atoms with van der Waals surface area (Å²) in [6.07, 6.45) is 1.84. The van der Waals surface area contributed by atoms with E-state index in [1.54, 1.807) is 12.0 Å². The normalized spacial score (nSPS) is 17.4. The fourth-order valence-corrected chi connectivity index (χ4v) is 4.03. The number of thioether (sulfide) groups is 1. The molecule has 122 valence electrons. The zero-order valence-electron chi connectivity index (χ0n) is 13.4. The standard InChI is InChI=1S/C19H17NO2S2/c1-13(14-8-4-3-5-9-14)20-18(21)17(24-19(20)23)12-15-10-6-7-11-16(15)22-2/h3-13H,1-2H3/b17-12+/t13-/m1/s1. The van der Waals surface area contributed by atoms with Crippen LogP contribution in [-0.2, 0) is 4.79 Å². The molecule has 1 amide bonds. The summed E-state index contributed by atoms with van der Waals surface area (Å²) in [5, 5.41) is 0. The van der Waals surface area contributed by atoms with Crippen LogP contribution in [-0.4, -0.2) is 22.2 Å². The van der Waals surface area contributed by atoms with Crippen molar-refractivity contribution in [3.05, 3.63) is 70.6 Å². The van der Waals surface area contributed by atoms with Gasteiger partial charge in [0.2, 0.25) is 0 Å². The maximum Gasteiger partial charge on any atom is 0.266 e. The van der Waals surface area contributed by atoms with Gasteiger partial charge in [0.15, 0.2) is 0 Å². The molecule has 1 aliphatic heterocycles. The summed E-state index contributed by atoms with van der Waals surface area (Å²) < 4.78 is 5.93. The van der Waals surface area contributed by atoms with Crippen LogP contribution in [0.3, 0.4) is 0 Å². The van der Waals surface area contributed by atoms with Crippen molar-refractivity contribution < 1.29 is 9.53 Å². The Bertz CT molecular complexity index is 802. The number of para-hydroxylation sites is 1. The monoisotopic (exact) mass is 355 g/mol. The van der Waals surface area contributed by atoms with Gasteiger partial charge in [-0.1, -0.05) is 72.5 Å². The molecule has 0 bridgehead atoms. The summed E-state index contributed by atoms with van der Waals surface area (Å²) in [4.78, 5) is 15.1. The average Bonchev–Trinajstić information content (AvgIpc) is 2.89. The third kappa shape index (κ3) is 3.23. The molecular weight excluding hydrogens is 338 g/mol. The van der Waals surface area contributed by atoms with E-state index in [-0.39, 0.29) is 11.9 Å². The number of hydrogen-bond acceptors (Lipinski definition) is 4. The fraction of sp³-hybridized carbons (Fsp3) is 0.158. The Morgan fingerprint density at radius 1 is 1.12 bits per heavy atom. The number of rotatable bonds is 4. The predicted octanol–water partition coefficient (Wildman–Crippen LogP) is 4.66. The Labute approximate surface area is 151 Å². The summed E-state index contributed by atoms with van der Waals surface area (Å²) in [7, 11) is 1.62. The van der Waals surface area contributed by atoms with Crippen LogP contribution in [0.4, 0.5) is 0 Å². The minimum atomic E-state index is -0.0951. The highest BCUT2D eigenvalue weighted by molar-refractivity contribution is 8.26. The Kier molecular flexibility index (Phi) is 5.02. The number of hydrogen-bond donors (Lipinski definition) is 0. The lowest BCUT2D eigenvalue weighted by atomic mass is 10.1. The van der Waals surface area contributed by atoms with Crippen LogP contribution in [0.2, 0.25) is 0 Å². The van der Waals surface area contributed by atoms with Gasteiger partial charge in [0.05, 0.1) is 18.1 Å². The smallest absolute Gasteiger partial charge is 0.266 e. The maximum absolute atomic E-state index is 12.8. The van der Waals surface area contributed by atoms with Gasteiger partial charge in [0, 0.05) is 5.56 Å². The van der Waals surface area contributed by atoms with Crippen molar-refractivity contribution in [1.82, 2.24) is 4.90 Å². The molecule has 2 aromatic carbocycles. The molecule has 1 aliphatic rings. The minimum absolute atomic E-state index is 0.0627. The van der Waals surface area contributed by atoms with Crippen molar-refractivity contribution in [1.29, 1.82) is 0 Å². The van der Waals surface area contributed by atoms with Crippen LogP contribution in [0.15, 0.2) is 59.5 Å². The van der Waals surface area contributed by atoms with Crippen molar-refractivity contribution in [3.8, 4) is 5.75 Å². The molecule has 3 nitrogen and oxygen atoms in total. The Hall–Kier alpha value is -2.11. The summed E-state index contributed by atoms with van der Waals surface area (Å²) in [5.41, 5.74) is 1.93. The zero-order chi connectivity index (χ0) is 17.1. The van der Waals surface area contributed by atoms with Gasteiger partial charge in [-0.05, 0) is 24.6 Å². The van der Waals surface area contributed by atoms with Gasteiger partial charge in [-0.2, -0.15) is 0 Å². The number of methoxy groups -OCH3 is 1. The Morgan fingerprint density at radius 2 is 1.79 bits per heavy atom. The first-order chi connectivity index (χ1) is 11.6. The second-order valence-corrected chi connectivity index (χ2v) is 7.06. The van der Waals surface area contributed by atoms with Gasteiger partial charge in [-0.15, -0.1) is 0 Å². The summed E-state index contributed by atoms with van der Waals surface area (Å²) in [5.74, 6) is 0.672. The second-order valence-electron chi connectivity index (χ2n) is 5.38. The molecule has 1 heterocycles. The lowest BCUT2D eigenvalue weighted by molar-refractivity contribution is -0.123. The van der Waals surface area contributed by atoms with E-state index in [1.165, 1.54) is 11.8 Å². The van der Waals surface area contributed by atoms with Gasteiger partial charge in [-0.25, -0.2) is 0 Å². The van der Waals surface area contributed by atoms with E-state index in [4.69, 9.17) is 17.0 Å². The number of amides is 1. The molecule has 0 radical (unpaired) electrons. The van der Waals surface area contributed by atoms with E-state index in [0.29, 0.717) is 9.23 Å². The van der Waals surface area contributed by atoms with Crippen LogP contribution in [0.5, 0.6) is 5.75 Å². The third-order valence-corrected chi connectivity index (χ3v) is 5.25. The molecular formula is C19H17NO2S2. The average molecular weight is 355 g/mol. The van der Waals surface area contributed by atoms with Crippen molar-refractivity contribution in [3.63, 3.8) is 0 Å². The fourth-order valence-electron chi connectivity index (χ4n) is 2.62. The van der Waals surface area contributed by atoms with E-state index in [0.717, 1.165) is 16.9 Å². The molecule has 1 fully saturated rings. The molecule has 0 aliphatic carbocycles. The lowest BCUT2D eigenvalue weighted by Crippen LogP contribution is -2.30. The predicted molar refractivity (Wildman–Crippen MR) is 103 cm³/mol. The summed E-state index contributed by atoms with van der Waals surface area (Å²) in [6, 6.07) is 17.4. The van der Waals surface area contributed by atoms with Crippen molar-refractivity contribution >= 4 is 40.3 Å². The molecule has 1 atom stereocenters. The molecule has 0 aromatic heterocycles. The molecule has 0 N–H and O–H groups in total. The van der Waals surface area contributed by atoms with E-state index in [2.05, 4.69) is 0 Å². The highest BCUT2D eigenvalue weighted by Crippen LogP contribution is 2.38. The molecule has 0 spiro atoms. The number of benzene rings is 2. The zero-order valence-corrected chi connectivity index (χ0v) is 15.1. The summed E-state index contributed by atoms with van der Waals surface area (Å²) >= 11 is 6.78. The van der Waals surface area contributed by atoms with Crippen molar-refractivity contribution in [2.45, 2.75) is 13.0 Å². The number of nitrogens with zero attached hydrogens (tertiary/aromatic N) is 1. The van der Waals surface area contributed by atoms with Gasteiger partial charge < -0.3 is 4.74 Å². The minimum Gasteiger partial charge on any atom is -0.496 e. The maximum atomic E-state index is 12.8. The van der Waals surface area contributed by atoms with Crippen LogP contribution in [0, 0.1) is 0 Å². The third-order valence-electron chi connectivity index (χ3n) is 3.92. The highest BCUT2D eigenvalue weighted by Gasteiger charge is 2.35. The Balaban J connectivity index is 1.90. The molecule has 1 saturated heterocycles. The van der Waals surface area contributed by atoms with Crippen LogP contribution in [0.1, 0.15) is 24.1 Å². The first-order valence-corrected chi connectivity index (χ1v) is 8.79. The quantitative estimate of drug-likeness (QED) is 0.589. The number of carbonyl (C=O) groups excluding carboxylic acids is 1. The molecule has 0 unspecified atom stereocenters. The largest absolute Gasteiger partial charge is 0.496 e. The number of carbonyl (C=O) groups is 1. The molecule has 3 rings (SSSR count). The second kappa shape index (κ2) is 7.20. The molecule has 24 heavy (non-hydrogen) atoms.